The molecule has 19 heavy (non-hydrogen) atoms. The van der Waals surface area contributed by atoms with Gasteiger partial charge in [0.2, 0.25) is 11.8 Å². The summed E-state index contributed by atoms with van der Waals surface area (Å²) in [5, 5.41) is 10.1. The van der Waals surface area contributed by atoms with E-state index in [0.29, 0.717) is 0 Å². The van der Waals surface area contributed by atoms with Crippen LogP contribution in [0.1, 0.15) is 20.8 Å². The minimum absolute atomic E-state index is 0.537. The van der Waals surface area contributed by atoms with Crippen LogP contribution in [0.2, 0.25) is 0 Å². The van der Waals surface area contributed by atoms with Crippen LogP contribution in [0.5, 0.6) is 0 Å². The fourth-order valence-electron chi connectivity index (χ4n) is 2.66. The lowest BCUT2D eigenvalue weighted by molar-refractivity contribution is -0.161. The van der Waals surface area contributed by atoms with E-state index in [1.54, 1.807) is 0 Å². The largest absolute Gasteiger partial charge is 0.480 e. The van der Waals surface area contributed by atoms with Crippen molar-refractivity contribution < 1.29 is 27.9 Å². The quantitative estimate of drug-likeness (QED) is 0.586. The average molecular weight is 290 g/mol. The molecule has 9 heteroatoms. The highest BCUT2D eigenvalue weighted by Crippen LogP contribution is 2.45. The molecule has 2 saturated heterocycles. The zero-order chi connectivity index (χ0) is 14.7. The van der Waals surface area contributed by atoms with Gasteiger partial charge in [-0.15, -0.1) is 0 Å². The molecular weight excluding hydrogens is 276 g/mol. The van der Waals surface area contributed by atoms with Gasteiger partial charge in [-0.3, -0.25) is 9.59 Å². The maximum absolute atomic E-state index is 12.3. The molecule has 0 spiro atoms. The van der Waals surface area contributed by atoms with Crippen LogP contribution < -0.4 is 5.32 Å². The maximum Gasteiger partial charge on any atom is 0.328 e. The van der Waals surface area contributed by atoms with Crippen molar-refractivity contribution in [1.82, 2.24) is 10.2 Å². The van der Waals surface area contributed by atoms with E-state index in [1.807, 2.05) is 0 Å². The van der Waals surface area contributed by atoms with Gasteiger partial charge in [-0.1, -0.05) is 0 Å². The summed E-state index contributed by atoms with van der Waals surface area (Å²) in [7, 11) is -3.88. The number of aliphatic carboxylic acids is 1. The summed E-state index contributed by atoms with van der Waals surface area (Å²) < 4.78 is 23.0. The maximum atomic E-state index is 12.3. The summed E-state index contributed by atoms with van der Waals surface area (Å²) in [5.74, 6) is -2.59. The van der Waals surface area contributed by atoms with Crippen LogP contribution in [0.4, 0.5) is 0 Å². The van der Waals surface area contributed by atoms with Gasteiger partial charge in [0.1, 0.15) is 16.8 Å². The first-order chi connectivity index (χ1) is 8.53. The van der Waals surface area contributed by atoms with Gasteiger partial charge in [-0.05, 0) is 13.8 Å². The molecule has 8 nitrogen and oxygen atoms in total. The fraction of sp³-hybridized carbons (Fsp3) is 0.700. The molecule has 0 saturated carbocycles. The standard InChI is InChI=1S/C10H14N2O6S/c1-4(13)11-5-7(14)12-6(9(15)16)10(2,3)19(17,18)8(5)12/h5-6,8H,1-3H3,(H,11,13)(H,15,16)/t5?,6-,8+/m0/s1. The molecular formula is C10H14N2O6S. The first kappa shape index (κ1) is 13.8. The number of carbonyl (C=O) groups is 3. The molecule has 0 radical (unpaired) electrons. The van der Waals surface area contributed by atoms with E-state index < -0.39 is 49.8 Å². The molecule has 0 aromatic heterocycles. The Bertz CT molecular complexity index is 581. The van der Waals surface area contributed by atoms with Gasteiger partial charge in [0.05, 0.1) is 0 Å². The molecule has 1 unspecified atom stereocenters. The molecule has 2 amide bonds. The lowest BCUT2D eigenvalue weighted by atomic mass is 9.96. The number of nitrogens with one attached hydrogen (secondary N) is 1. The van der Waals surface area contributed by atoms with E-state index in [0.717, 1.165) is 11.8 Å². The topological polar surface area (TPSA) is 121 Å². The number of rotatable bonds is 2. The predicted octanol–water partition coefficient (Wildman–Crippen LogP) is -1.68. The monoisotopic (exact) mass is 290 g/mol. The first-order valence-electron chi connectivity index (χ1n) is 5.59. The van der Waals surface area contributed by atoms with Crippen LogP contribution in [0.25, 0.3) is 0 Å². The normalized spacial score (nSPS) is 34.4. The van der Waals surface area contributed by atoms with Gasteiger partial charge in [0, 0.05) is 6.92 Å². The Morgan fingerprint density at radius 1 is 1.37 bits per heavy atom. The number of sulfone groups is 1. The minimum Gasteiger partial charge on any atom is -0.480 e. The summed E-state index contributed by atoms with van der Waals surface area (Å²) in [6, 6.07) is -2.62. The number of fused-ring (bicyclic) bond motifs is 1. The molecule has 2 N–H and O–H groups in total. The van der Waals surface area contributed by atoms with Crippen LogP contribution in [0.15, 0.2) is 0 Å². The Kier molecular flexibility index (Phi) is 2.67. The van der Waals surface area contributed by atoms with Crippen molar-refractivity contribution >= 4 is 27.6 Å². The van der Waals surface area contributed by atoms with Gasteiger partial charge in [-0.25, -0.2) is 13.2 Å². The Hall–Kier alpha value is -1.64. The van der Waals surface area contributed by atoms with E-state index in [9.17, 15) is 22.8 Å². The lowest BCUT2D eigenvalue weighted by Gasteiger charge is -2.42. The summed E-state index contributed by atoms with van der Waals surface area (Å²) in [5.41, 5.74) is 0. The number of amides is 2. The van der Waals surface area contributed by atoms with Crippen molar-refractivity contribution in [3.8, 4) is 0 Å². The molecule has 2 aliphatic heterocycles. The summed E-state index contributed by atoms with van der Waals surface area (Å²) in [4.78, 5) is 34.9. The second kappa shape index (κ2) is 3.69. The van der Waals surface area contributed by atoms with E-state index in [-0.39, 0.29) is 0 Å². The molecule has 106 valence electrons. The van der Waals surface area contributed by atoms with E-state index in [2.05, 4.69) is 5.32 Å². The van der Waals surface area contributed by atoms with Crippen molar-refractivity contribution in [2.75, 3.05) is 0 Å². The van der Waals surface area contributed by atoms with Crippen LogP contribution >= 0.6 is 0 Å². The van der Waals surface area contributed by atoms with Crippen LogP contribution in [0, 0.1) is 0 Å². The SMILES string of the molecule is CC(=O)NC1C(=O)N2[C@@H](C(=O)O)C(C)(C)S(=O)(=O)[C@H]12. The van der Waals surface area contributed by atoms with Gasteiger partial charge in [0.15, 0.2) is 15.2 Å². The number of carboxylic acids is 1. The van der Waals surface area contributed by atoms with Gasteiger partial charge in [0.25, 0.3) is 0 Å². The van der Waals surface area contributed by atoms with Crippen molar-refractivity contribution in [3.63, 3.8) is 0 Å². The third-order valence-corrected chi connectivity index (χ3v) is 6.49. The highest BCUT2D eigenvalue weighted by molar-refractivity contribution is 7.94. The Balaban J connectivity index is 2.48. The molecule has 0 aromatic rings. The molecule has 2 aliphatic rings. The molecule has 3 atom stereocenters. The molecule has 2 rings (SSSR count). The molecule has 0 bridgehead atoms. The van der Waals surface area contributed by atoms with Crippen molar-refractivity contribution in [1.29, 1.82) is 0 Å². The number of hydrogen-bond donors (Lipinski definition) is 2. The van der Waals surface area contributed by atoms with E-state index in [1.165, 1.54) is 13.8 Å². The smallest absolute Gasteiger partial charge is 0.328 e. The van der Waals surface area contributed by atoms with E-state index in [4.69, 9.17) is 5.11 Å². The highest BCUT2D eigenvalue weighted by atomic mass is 32.2. The highest BCUT2D eigenvalue weighted by Gasteiger charge is 2.72. The van der Waals surface area contributed by atoms with E-state index >= 15 is 0 Å². The number of nitrogens with zero attached hydrogens (tertiary/aromatic N) is 1. The number of carbonyl (C=O) groups excluding carboxylic acids is 2. The van der Waals surface area contributed by atoms with Crippen molar-refractivity contribution in [2.24, 2.45) is 0 Å². The lowest BCUT2D eigenvalue weighted by Crippen LogP contribution is -2.71. The second-order valence-corrected chi connectivity index (χ2v) is 7.83. The fourth-order valence-corrected chi connectivity index (χ4v) is 4.87. The molecule has 2 heterocycles. The summed E-state index contributed by atoms with van der Waals surface area (Å²) >= 11 is 0. The second-order valence-electron chi connectivity index (χ2n) is 5.20. The third kappa shape index (κ3) is 1.50. The Labute approximate surface area is 109 Å². The van der Waals surface area contributed by atoms with Crippen LogP contribution in [0.3, 0.4) is 0 Å². The average Bonchev–Trinajstić information content (AvgIpc) is 2.38. The number of carboxylic acid groups (broad SMARTS) is 1. The van der Waals surface area contributed by atoms with Crippen molar-refractivity contribution in [3.05, 3.63) is 0 Å². The first-order valence-corrected chi connectivity index (χ1v) is 7.13. The molecule has 2 fully saturated rings. The number of β-lactam (4-membered cyclic amide) rings is 1. The third-order valence-electron chi connectivity index (χ3n) is 3.66. The van der Waals surface area contributed by atoms with Crippen molar-refractivity contribution in [2.45, 2.75) is 43.0 Å². The Morgan fingerprint density at radius 2 is 1.89 bits per heavy atom. The number of hydrogen-bond acceptors (Lipinski definition) is 5. The Morgan fingerprint density at radius 3 is 2.32 bits per heavy atom. The van der Waals surface area contributed by atoms with Gasteiger partial charge >= 0.3 is 5.97 Å². The van der Waals surface area contributed by atoms with Crippen LogP contribution in [-0.2, 0) is 24.2 Å². The van der Waals surface area contributed by atoms with Gasteiger partial charge in [-0.2, -0.15) is 0 Å². The zero-order valence-electron chi connectivity index (χ0n) is 10.6. The predicted molar refractivity (Wildman–Crippen MR) is 62.7 cm³/mol. The molecule has 0 aliphatic carbocycles. The summed E-state index contributed by atoms with van der Waals surface area (Å²) in [6.07, 6.45) is 0. The summed E-state index contributed by atoms with van der Waals surface area (Å²) in [6.45, 7) is 3.71. The minimum atomic E-state index is -3.88. The zero-order valence-corrected chi connectivity index (χ0v) is 11.4. The molecule has 0 aromatic carbocycles. The van der Waals surface area contributed by atoms with Gasteiger partial charge < -0.3 is 15.3 Å². The van der Waals surface area contributed by atoms with Crippen LogP contribution in [-0.4, -0.2) is 58.4 Å².